The van der Waals surface area contributed by atoms with Gasteiger partial charge in [0.15, 0.2) is 0 Å². The number of hydrogen-bond donors (Lipinski definition) is 2. The molecule has 2 rings (SSSR count). The van der Waals surface area contributed by atoms with Crippen LogP contribution in [-0.2, 0) is 17.6 Å². The molecule has 1 aromatic rings. The van der Waals surface area contributed by atoms with E-state index in [1.165, 1.54) is 42.4 Å². The molecule has 1 amide bonds. The van der Waals surface area contributed by atoms with Gasteiger partial charge in [0, 0.05) is 12.6 Å². The fourth-order valence-electron chi connectivity index (χ4n) is 2.97. The first-order valence-electron chi connectivity index (χ1n) is 8.27. The smallest absolute Gasteiger partial charge is 0.236 e. The Kier molecular flexibility index (Phi) is 5.80. The minimum Gasteiger partial charge on any atom is -0.355 e. The number of amides is 1. The van der Waals surface area contributed by atoms with Gasteiger partial charge in [0.25, 0.3) is 0 Å². The number of carbonyl (C=O) groups is 1. The Morgan fingerprint density at radius 3 is 2.62 bits per heavy atom. The van der Waals surface area contributed by atoms with Crippen molar-refractivity contribution in [3.05, 3.63) is 34.9 Å². The molecule has 3 heteroatoms. The zero-order valence-electron chi connectivity index (χ0n) is 13.5. The molecular weight excluding hydrogens is 260 g/mol. The van der Waals surface area contributed by atoms with Crippen LogP contribution < -0.4 is 10.6 Å². The van der Waals surface area contributed by atoms with Gasteiger partial charge in [0.1, 0.15) is 0 Å². The van der Waals surface area contributed by atoms with Gasteiger partial charge in [-0.25, -0.2) is 0 Å². The molecule has 2 atom stereocenters. The van der Waals surface area contributed by atoms with Crippen molar-refractivity contribution in [1.29, 1.82) is 0 Å². The van der Waals surface area contributed by atoms with Crippen LogP contribution in [0.5, 0.6) is 0 Å². The van der Waals surface area contributed by atoms with Crippen LogP contribution in [0.3, 0.4) is 0 Å². The summed E-state index contributed by atoms with van der Waals surface area (Å²) in [4.78, 5) is 11.9. The van der Waals surface area contributed by atoms with E-state index in [4.69, 9.17) is 0 Å². The average molecular weight is 288 g/mol. The second-order valence-electron chi connectivity index (χ2n) is 6.14. The highest BCUT2D eigenvalue weighted by molar-refractivity contribution is 5.81. The monoisotopic (exact) mass is 288 g/mol. The van der Waals surface area contributed by atoms with Gasteiger partial charge in [-0.1, -0.05) is 25.1 Å². The lowest BCUT2D eigenvalue weighted by molar-refractivity contribution is -0.122. The first-order chi connectivity index (χ1) is 10.1. The van der Waals surface area contributed by atoms with E-state index in [9.17, 15) is 4.79 Å². The molecule has 0 spiro atoms. The van der Waals surface area contributed by atoms with Crippen molar-refractivity contribution in [3.8, 4) is 0 Å². The van der Waals surface area contributed by atoms with E-state index < -0.39 is 0 Å². The van der Waals surface area contributed by atoms with Crippen molar-refractivity contribution in [2.45, 2.75) is 65.0 Å². The van der Waals surface area contributed by atoms with Crippen LogP contribution in [0, 0.1) is 0 Å². The Morgan fingerprint density at radius 1 is 1.19 bits per heavy atom. The van der Waals surface area contributed by atoms with Crippen molar-refractivity contribution >= 4 is 5.91 Å². The number of aryl methyl sites for hydroxylation is 2. The SMILES string of the molecule is CCCNC(=O)C(C)NC(C)c1ccc2c(c1)CCCC2. The number of nitrogens with one attached hydrogen (secondary N) is 2. The molecule has 0 fully saturated rings. The lowest BCUT2D eigenvalue weighted by atomic mass is 9.89. The van der Waals surface area contributed by atoms with Gasteiger partial charge in [-0.2, -0.15) is 0 Å². The maximum atomic E-state index is 11.9. The zero-order valence-corrected chi connectivity index (χ0v) is 13.5. The molecule has 116 valence electrons. The summed E-state index contributed by atoms with van der Waals surface area (Å²) in [5.74, 6) is 0.0849. The van der Waals surface area contributed by atoms with Gasteiger partial charge in [-0.05, 0) is 62.6 Å². The number of benzene rings is 1. The number of fused-ring (bicyclic) bond motifs is 1. The molecule has 1 aromatic carbocycles. The van der Waals surface area contributed by atoms with Gasteiger partial charge in [-0.3, -0.25) is 10.1 Å². The number of carbonyl (C=O) groups excluding carboxylic acids is 1. The van der Waals surface area contributed by atoms with E-state index in [0.717, 1.165) is 13.0 Å². The zero-order chi connectivity index (χ0) is 15.2. The molecule has 2 unspecified atom stereocenters. The first kappa shape index (κ1) is 16.0. The molecule has 2 N–H and O–H groups in total. The Hall–Kier alpha value is -1.35. The second-order valence-corrected chi connectivity index (χ2v) is 6.14. The minimum absolute atomic E-state index is 0.0849. The molecule has 1 aliphatic rings. The molecule has 0 bridgehead atoms. The quantitative estimate of drug-likeness (QED) is 0.844. The predicted molar refractivity (Wildman–Crippen MR) is 87.4 cm³/mol. The Bertz CT molecular complexity index is 484. The maximum Gasteiger partial charge on any atom is 0.236 e. The maximum absolute atomic E-state index is 11.9. The van der Waals surface area contributed by atoms with Crippen LogP contribution in [0.4, 0.5) is 0 Å². The largest absolute Gasteiger partial charge is 0.355 e. The van der Waals surface area contributed by atoms with Gasteiger partial charge in [0.2, 0.25) is 5.91 Å². The summed E-state index contributed by atoms with van der Waals surface area (Å²) >= 11 is 0. The molecule has 1 aliphatic carbocycles. The summed E-state index contributed by atoms with van der Waals surface area (Å²) in [7, 11) is 0. The topological polar surface area (TPSA) is 41.1 Å². The van der Waals surface area contributed by atoms with E-state index in [1.807, 2.05) is 6.92 Å². The summed E-state index contributed by atoms with van der Waals surface area (Å²) in [6.45, 7) is 6.88. The fraction of sp³-hybridized carbons (Fsp3) is 0.611. The van der Waals surface area contributed by atoms with Crippen LogP contribution in [0.15, 0.2) is 18.2 Å². The van der Waals surface area contributed by atoms with Crippen LogP contribution >= 0.6 is 0 Å². The molecule has 0 radical (unpaired) electrons. The van der Waals surface area contributed by atoms with Crippen LogP contribution in [0.2, 0.25) is 0 Å². The van der Waals surface area contributed by atoms with Gasteiger partial charge in [-0.15, -0.1) is 0 Å². The predicted octanol–water partition coefficient (Wildman–Crippen LogP) is 3.13. The van der Waals surface area contributed by atoms with Gasteiger partial charge < -0.3 is 5.32 Å². The average Bonchev–Trinajstić information content (AvgIpc) is 2.51. The normalized spacial score (nSPS) is 16.9. The van der Waals surface area contributed by atoms with Crippen LogP contribution in [-0.4, -0.2) is 18.5 Å². The molecule has 3 nitrogen and oxygen atoms in total. The molecule has 21 heavy (non-hydrogen) atoms. The van der Waals surface area contributed by atoms with Crippen LogP contribution in [0.25, 0.3) is 0 Å². The van der Waals surface area contributed by atoms with E-state index >= 15 is 0 Å². The molecule has 0 aliphatic heterocycles. The summed E-state index contributed by atoms with van der Waals surface area (Å²) in [5.41, 5.74) is 4.28. The second kappa shape index (κ2) is 7.60. The third-order valence-electron chi connectivity index (χ3n) is 4.32. The fourth-order valence-corrected chi connectivity index (χ4v) is 2.97. The number of rotatable bonds is 6. The lowest BCUT2D eigenvalue weighted by Gasteiger charge is -2.22. The third kappa shape index (κ3) is 4.31. The van der Waals surface area contributed by atoms with Crippen molar-refractivity contribution in [2.75, 3.05) is 6.54 Å². The summed E-state index contributed by atoms with van der Waals surface area (Å²) in [5, 5.41) is 6.34. The minimum atomic E-state index is -0.164. The molecular formula is C18H28N2O. The standard InChI is InChI=1S/C18H28N2O/c1-4-11-19-18(21)14(3)20-13(2)16-10-9-15-7-5-6-8-17(15)12-16/h9-10,12-14,20H,4-8,11H2,1-3H3,(H,19,21). The molecule has 0 aromatic heterocycles. The highest BCUT2D eigenvalue weighted by atomic mass is 16.2. The van der Waals surface area contributed by atoms with Crippen molar-refractivity contribution in [1.82, 2.24) is 10.6 Å². The van der Waals surface area contributed by atoms with E-state index in [-0.39, 0.29) is 18.0 Å². The van der Waals surface area contributed by atoms with Crippen molar-refractivity contribution in [3.63, 3.8) is 0 Å². The lowest BCUT2D eigenvalue weighted by Crippen LogP contribution is -2.43. The van der Waals surface area contributed by atoms with E-state index in [0.29, 0.717) is 0 Å². The highest BCUT2D eigenvalue weighted by Crippen LogP contribution is 2.24. The summed E-state index contributed by atoms with van der Waals surface area (Å²) in [6, 6.07) is 6.83. The molecule has 0 saturated carbocycles. The Labute approximate surface area is 128 Å². The van der Waals surface area contributed by atoms with Gasteiger partial charge >= 0.3 is 0 Å². The molecule has 0 saturated heterocycles. The molecule has 0 heterocycles. The van der Waals surface area contributed by atoms with Crippen molar-refractivity contribution in [2.24, 2.45) is 0 Å². The van der Waals surface area contributed by atoms with Crippen molar-refractivity contribution < 1.29 is 4.79 Å². The Balaban J connectivity index is 1.96. The third-order valence-corrected chi connectivity index (χ3v) is 4.32. The van der Waals surface area contributed by atoms with Gasteiger partial charge in [0.05, 0.1) is 6.04 Å². The summed E-state index contributed by atoms with van der Waals surface area (Å²) in [6.07, 6.45) is 6.00. The Morgan fingerprint density at radius 2 is 1.90 bits per heavy atom. The first-order valence-corrected chi connectivity index (χ1v) is 8.27. The number of hydrogen-bond acceptors (Lipinski definition) is 2. The highest BCUT2D eigenvalue weighted by Gasteiger charge is 2.17. The van der Waals surface area contributed by atoms with Crippen LogP contribution in [0.1, 0.15) is 62.8 Å². The van der Waals surface area contributed by atoms with E-state index in [2.05, 4.69) is 42.7 Å². The summed E-state index contributed by atoms with van der Waals surface area (Å²) < 4.78 is 0. The van der Waals surface area contributed by atoms with E-state index in [1.54, 1.807) is 0 Å².